The standard InChI is InChI=1S/C6H16N2.Zn/c1-3-8(4-2)6-5-7;/h3-7H2,1-2H3;. The third-order valence-corrected chi connectivity index (χ3v) is 1.34. The summed E-state index contributed by atoms with van der Waals surface area (Å²) in [6.07, 6.45) is 0. The van der Waals surface area contributed by atoms with Crippen LogP contribution >= 0.6 is 0 Å². The van der Waals surface area contributed by atoms with Crippen LogP contribution in [0.4, 0.5) is 0 Å². The van der Waals surface area contributed by atoms with E-state index >= 15 is 0 Å². The molecular formula is C6H16N2Zn. The minimum Gasteiger partial charge on any atom is -0.329 e. The largest absolute Gasteiger partial charge is 0.329 e. The molecule has 52 valence electrons. The minimum atomic E-state index is 0. The molecule has 0 heterocycles. The maximum absolute atomic E-state index is 5.34. The SMILES string of the molecule is CCN(CC)CCN.[Zn]. The summed E-state index contributed by atoms with van der Waals surface area (Å²) in [4.78, 5) is 2.31. The van der Waals surface area contributed by atoms with Crippen LogP contribution in [-0.2, 0) is 19.5 Å². The summed E-state index contributed by atoms with van der Waals surface area (Å²) < 4.78 is 0. The summed E-state index contributed by atoms with van der Waals surface area (Å²) in [5, 5.41) is 0. The zero-order valence-corrected chi connectivity index (χ0v) is 9.53. The van der Waals surface area contributed by atoms with Crippen LogP contribution in [0.2, 0.25) is 0 Å². The van der Waals surface area contributed by atoms with Crippen LogP contribution in [-0.4, -0.2) is 31.1 Å². The van der Waals surface area contributed by atoms with Gasteiger partial charge in [0.2, 0.25) is 0 Å². The number of hydrogen-bond donors (Lipinski definition) is 1. The van der Waals surface area contributed by atoms with Crippen molar-refractivity contribution in [1.82, 2.24) is 4.90 Å². The van der Waals surface area contributed by atoms with Gasteiger partial charge in [-0.2, -0.15) is 0 Å². The molecular weight excluding hydrogens is 165 g/mol. The molecule has 0 unspecified atom stereocenters. The Morgan fingerprint density at radius 3 is 1.78 bits per heavy atom. The molecule has 0 amide bonds. The van der Waals surface area contributed by atoms with Gasteiger partial charge in [-0.1, -0.05) is 13.8 Å². The van der Waals surface area contributed by atoms with Crippen molar-refractivity contribution in [3.63, 3.8) is 0 Å². The molecule has 0 saturated carbocycles. The molecule has 9 heavy (non-hydrogen) atoms. The van der Waals surface area contributed by atoms with Crippen LogP contribution in [0.1, 0.15) is 13.8 Å². The van der Waals surface area contributed by atoms with E-state index in [2.05, 4.69) is 18.7 Å². The molecule has 0 atom stereocenters. The van der Waals surface area contributed by atoms with Gasteiger partial charge in [0, 0.05) is 32.6 Å². The average Bonchev–Trinajstić information content (AvgIpc) is 1.83. The quantitative estimate of drug-likeness (QED) is 0.632. The summed E-state index contributed by atoms with van der Waals surface area (Å²) in [7, 11) is 0. The molecule has 0 radical (unpaired) electrons. The Morgan fingerprint density at radius 1 is 1.22 bits per heavy atom. The fourth-order valence-electron chi connectivity index (χ4n) is 0.722. The first kappa shape index (κ1) is 12.2. The van der Waals surface area contributed by atoms with E-state index in [0.717, 1.165) is 26.2 Å². The normalized spacial score (nSPS) is 9.33. The number of hydrogen-bond acceptors (Lipinski definition) is 2. The molecule has 3 heteroatoms. The van der Waals surface area contributed by atoms with Gasteiger partial charge in [0.25, 0.3) is 0 Å². The van der Waals surface area contributed by atoms with Crippen molar-refractivity contribution in [1.29, 1.82) is 0 Å². The summed E-state index contributed by atoms with van der Waals surface area (Å²) in [5.41, 5.74) is 5.34. The van der Waals surface area contributed by atoms with Crippen molar-refractivity contribution in [3.05, 3.63) is 0 Å². The first-order chi connectivity index (χ1) is 3.85. The molecule has 2 N–H and O–H groups in total. The Kier molecular flexibility index (Phi) is 11.6. The van der Waals surface area contributed by atoms with Gasteiger partial charge in [0.1, 0.15) is 0 Å². The Balaban J connectivity index is 0. The van der Waals surface area contributed by atoms with Crippen molar-refractivity contribution in [2.45, 2.75) is 13.8 Å². The number of nitrogens with zero attached hydrogens (tertiary/aromatic N) is 1. The Bertz CT molecular complexity index is 46.3. The summed E-state index contributed by atoms with van der Waals surface area (Å²) in [6, 6.07) is 0. The maximum Gasteiger partial charge on any atom is 0.0104 e. The van der Waals surface area contributed by atoms with Crippen LogP contribution in [0.3, 0.4) is 0 Å². The van der Waals surface area contributed by atoms with E-state index in [0.29, 0.717) is 0 Å². The number of likely N-dealkylation sites (N-methyl/N-ethyl adjacent to an activating group) is 1. The summed E-state index contributed by atoms with van der Waals surface area (Å²) in [5.74, 6) is 0. The Morgan fingerprint density at radius 2 is 1.67 bits per heavy atom. The molecule has 0 rings (SSSR count). The van der Waals surface area contributed by atoms with E-state index in [4.69, 9.17) is 5.73 Å². The molecule has 0 fully saturated rings. The molecule has 0 aromatic heterocycles. The van der Waals surface area contributed by atoms with Gasteiger partial charge < -0.3 is 10.6 Å². The maximum atomic E-state index is 5.34. The first-order valence-electron chi connectivity index (χ1n) is 3.27. The van der Waals surface area contributed by atoms with Crippen LogP contribution in [0, 0.1) is 0 Å². The Labute approximate surface area is 70.5 Å². The zero-order chi connectivity index (χ0) is 6.41. The van der Waals surface area contributed by atoms with Crippen molar-refractivity contribution in [2.75, 3.05) is 26.2 Å². The van der Waals surface area contributed by atoms with Gasteiger partial charge >= 0.3 is 0 Å². The average molecular weight is 182 g/mol. The third kappa shape index (κ3) is 6.43. The minimum absolute atomic E-state index is 0. The zero-order valence-electron chi connectivity index (χ0n) is 6.56. The molecule has 0 saturated heterocycles. The van der Waals surface area contributed by atoms with E-state index in [9.17, 15) is 0 Å². The molecule has 2 nitrogen and oxygen atoms in total. The van der Waals surface area contributed by atoms with E-state index in [1.807, 2.05) is 0 Å². The van der Waals surface area contributed by atoms with Crippen molar-refractivity contribution in [2.24, 2.45) is 5.73 Å². The van der Waals surface area contributed by atoms with Crippen LogP contribution in [0.5, 0.6) is 0 Å². The molecule has 0 aliphatic carbocycles. The molecule has 0 aromatic rings. The van der Waals surface area contributed by atoms with Gasteiger partial charge in [-0.3, -0.25) is 0 Å². The predicted octanol–water partition coefficient (Wildman–Crippen LogP) is 0.284. The first-order valence-corrected chi connectivity index (χ1v) is 3.27. The number of rotatable bonds is 4. The molecule has 0 bridgehead atoms. The molecule has 0 aliphatic rings. The van der Waals surface area contributed by atoms with E-state index in [-0.39, 0.29) is 19.5 Å². The van der Waals surface area contributed by atoms with Crippen molar-refractivity contribution in [3.8, 4) is 0 Å². The summed E-state index contributed by atoms with van der Waals surface area (Å²) in [6.45, 7) is 8.36. The number of nitrogens with two attached hydrogens (primary N) is 1. The third-order valence-electron chi connectivity index (χ3n) is 1.34. The van der Waals surface area contributed by atoms with Crippen LogP contribution in [0.25, 0.3) is 0 Å². The van der Waals surface area contributed by atoms with E-state index < -0.39 is 0 Å². The molecule has 0 aromatic carbocycles. The van der Waals surface area contributed by atoms with Crippen LogP contribution < -0.4 is 5.73 Å². The van der Waals surface area contributed by atoms with Crippen molar-refractivity contribution >= 4 is 0 Å². The monoisotopic (exact) mass is 180 g/mol. The fraction of sp³-hybridized carbons (Fsp3) is 1.00. The predicted molar refractivity (Wildman–Crippen MR) is 36.8 cm³/mol. The van der Waals surface area contributed by atoms with Gasteiger partial charge in [0.05, 0.1) is 0 Å². The van der Waals surface area contributed by atoms with Crippen LogP contribution in [0.15, 0.2) is 0 Å². The second kappa shape index (κ2) is 8.54. The van der Waals surface area contributed by atoms with E-state index in [1.54, 1.807) is 0 Å². The smallest absolute Gasteiger partial charge is 0.0104 e. The Hall–Kier alpha value is 0.543. The van der Waals surface area contributed by atoms with Gasteiger partial charge in [-0.25, -0.2) is 0 Å². The van der Waals surface area contributed by atoms with Gasteiger partial charge in [-0.05, 0) is 13.1 Å². The van der Waals surface area contributed by atoms with Gasteiger partial charge in [-0.15, -0.1) is 0 Å². The topological polar surface area (TPSA) is 29.3 Å². The summed E-state index contributed by atoms with van der Waals surface area (Å²) >= 11 is 0. The molecule has 0 aliphatic heterocycles. The van der Waals surface area contributed by atoms with Crippen molar-refractivity contribution < 1.29 is 19.5 Å². The van der Waals surface area contributed by atoms with Gasteiger partial charge in [0.15, 0.2) is 0 Å². The fourth-order valence-corrected chi connectivity index (χ4v) is 0.722. The second-order valence-corrected chi connectivity index (χ2v) is 1.82. The molecule has 0 spiro atoms. The van der Waals surface area contributed by atoms with E-state index in [1.165, 1.54) is 0 Å². The second-order valence-electron chi connectivity index (χ2n) is 1.82.